The standard InChI is InChI=1S/C27H45N5S2/c1-2-10-25(32-19-8-5-9-20-32)17-18-29-23-13-15-24(16-14-23)30-27(33)31-26(28)34-21-22-11-6-3-4-7-12-22/h13-16,22,25,29H,2-12,17-21H2,1H3,(H3,28,30,31,33). The number of rotatable bonds is 10. The summed E-state index contributed by atoms with van der Waals surface area (Å²) in [6.07, 6.45) is 16.0. The number of thioether (sulfide) groups is 1. The first-order chi connectivity index (χ1) is 16.6. The molecule has 2 fully saturated rings. The molecular weight excluding hydrogens is 458 g/mol. The van der Waals surface area contributed by atoms with E-state index in [2.05, 4.69) is 39.6 Å². The maximum Gasteiger partial charge on any atom is 0.199 e. The number of thiocarbonyl (C=S) groups is 1. The molecule has 1 heterocycles. The van der Waals surface area contributed by atoms with E-state index in [1.807, 2.05) is 12.1 Å². The van der Waals surface area contributed by atoms with E-state index in [0.29, 0.717) is 16.3 Å². The summed E-state index contributed by atoms with van der Waals surface area (Å²) in [7, 11) is 0. The number of anilines is 2. The fourth-order valence-corrected chi connectivity index (χ4v) is 6.37. The largest absolute Gasteiger partial charge is 0.385 e. The Morgan fingerprint density at radius 1 is 1.03 bits per heavy atom. The van der Waals surface area contributed by atoms with Crippen molar-refractivity contribution in [2.24, 2.45) is 16.6 Å². The third-order valence-corrected chi connectivity index (χ3v) is 8.34. The molecule has 1 aromatic carbocycles. The second-order valence-electron chi connectivity index (χ2n) is 9.88. The molecule has 3 rings (SSSR count). The fourth-order valence-electron chi connectivity index (χ4n) is 5.20. The maximum atomic E-state index is 6.14. The minimum absolute atomic E-state index is 0.426. The number of hydrogen-bond acceptors (Lipinski definition) is 4. The summed E-state index contributed by atoms with van der Waals surface area (Å²) in [5.41, 5.74) is 8.22. The molecule has 4 N–H and O–H groups in total. The molecular formula is C27H45N5S2. The van der Waals surface area contributed by atoms with E-state index in [4.69, 9.17) is 18.0 Å². The van der Waals surface area contributed by atoms with Crippen LogP contribution in [0.3, 0.4) is 0 Å². The number of aliphatic imine (C=N–C) groups is 1. The summed E-state index contributed by atoms with van der Waals surface area (Å²) in [6, 6.07) is 9.02. The third kappa shape index (κ3) is 10.1. The van der Waals surface area contributed by atoms with Gasteiger partial charge < -0.3 is 21.3 Å². The minimum Gasteiger partial charge on any atom is -0.385 e. The van der Waals surface area contributed by atoms with E-state index >= 15 is 0 Å². The average molecular weight is 504 g/mol. The highest BCUT2D eigenvalue weighted by molar-refractivity contribution is 8.13. The van der Waals surface area contributed by atoms with E-state index in [-0.39, 0.29) is 0 Å². The smallest absolute Gasteiger partial charge is 0.199 e. The van der Waals surface area contributed by atoms with E-state index in [1.54, 1.807) is 11.8 Å². The Morgan fingerprint density at radius 2 is 1.68 bits per heavy atom. The number of benzene rings is 1. The highest BCUT2D eigenvalue weighted by atomic mass is 32.2. The molecule has 1 saturated carbocycles. The van der Waals surface area contributed by atoms with Crippen molar-refractivity contribution in [1.82, 2.24) is 4.90 Å². The van der Waals surface area contributed by atoms with Crippen molar-refractivity contribution in [1.29, 1.82) is 0 Å². The molecule has 0 amide bonds. The molecule has 1 aromatic rings. The Kier molecular flexibility index (Phi) is 12.5. The summed E-state index contributed by atoms with van der Waals surface area (Å²) < 4.78 is 0. The number of piperidine rings is 1. The Hall–Kier alpha value is -1.31. The summed E-state index contributed by atoms with van der Waals surface area (Å²) in [4.78, 5) is 7.10. The second-order valence-corrected chi connectivity index (χ2v) is 11.3. The zero-order valence-corrected chi connectivity index (χ0v) is 22.7. The lowest BCUT2D eigenvalue weighted by Gasteiger charge is -2.34. The van der Waals surface area contributed by atoms with Gasteiger partial charge in [-0.25, -0.2) is 0 Å². The van der Waals surface area contributed by atoms with Crippen molar-refractivity contribution >= 4 is 45.6 Å². The molecule has 0 spiro atoms. The molecule has 1 aliphatic carbocycles. The maximum absolute atomic E-state index is 6.14. The van der Waals surface area contributed by atoms with Crippen molar-refractivity contribution < 1.29 is 0 Å². The van der Waals surface area contributed by atoms with Crippen LogP contribution in [0.4, 0.5) is 11.4 Å². The van der Waals surface area contributed by atoms with Gasteiger partial charge in [-0.1, -0.05) is 57.2 Å². The number of nitrogens with zero attached hydrogens (tertiary/aromatic N) is 2. The van der Waals surface area contributed by atoms with Crippen LogP contribution in [0.5, 0.6) is 0 Å². The van der Waals surface area contributed by atoms with Crippen LogP contribution in [0.1, 0.15) is 84.0 Å². The zero-order valence-electron chi connectivity index (χ0n) is 21.1. The monoisotopic (exact) mass is 503 g/mol. The molecule has 190 valence electrons. The van der Waals surface area contributed by atoms with E-state index in [0.717, 1.165) is 29.6 Å². The van der Waals surface area contributed by atoms with Crippen LogP contribution in [0.15, 0.2) is 29.3 Å². The molecule has 0 aromatic heterocycles. The second kappa shape index (κ2) is 15.6. The number of likely N-dealkylation sites (tertiary alicyclic amines) is 1. The lowest BCUT2D eigenvalue weighted by Crippen LogP contribution is -2.40. The van der Waals surface area contributed by atoms with Gasteiger partial charge in [-0.05, 0) is 94.0 Å². The molecule has 0 radical (unpaired) electrons. The summed E-state index contributed by atoms with van der Waals surface area (Å²) in [5.74, 6) is 1.81. The van der Waals surface area contributed by atoms with Crippen LogP contribution in [-0.2, 0) is 0 Å². The summed E-state index contributed by atoms with van der Waals surface area (Å²) in [5, 5.41) is 7.79. The lowest BCUT2D eigenvalue weighted by molar-refractivity contribution is 0.149. The normalized spacial score (nSPS) is 19.4. The topological polar surface area (TPSA) is 65.7 Å². The van der Waals surface area contributed by atoms with Gasteiger partial charge in [0.15, 0.2) is 10.3 Å². The molecule has 7 heteroatoms. The van der Waals surface area contributed by atoms with Crippen molar-refractivity contribution in [3.63, 3.8) is 0 Å². The van der Waals surface area contributed by atoms with Gasteiger partial charge in [-0.15, -0.1) is 0 Å². The molecule has 5 nitrogen and oxygen atoms in total. The Morgan fingerprint density at radius 3 is 2.35 bits per heavy atom. The van der Waals surface area contributed by atoms with Crippen molar-refractivity contribution in [3.05, 3.63) is 24.3 Å². The Balaban J connectivity index is 1.38. The van der Waals surface area contributed by atoms with Crippen LogP contribution >= 0.6 is 24.0 Å². The van der Waals surface area contributed by atoms with Crippen LogP contribution in [0.25, 0.3) is 0 Å². The number of amidine groups is 1. The lowest BCUT2D eigenvalue weighted by atomic mass is 10.0. The summed E-state index contributed by atoms with van der Waals surface area (Å²) >= 11 is 7.06. The zero-order chi connectivity index (χ0) is 24.0. The first kappa shape index (κ1) is 27.3. The molecule has 0 bridgehead atoms. The van der Waals surface area contributed by atoms with Gasteiger partial charge in [0.25, 0.3) is 0 Å². The van der Waals surface area contributed by atoms with Crippen LogP contribution in [-0.4, -0.2) is 46.6 Å². The predicted molar refractivity (Wildman–Crippen MR) is 155 cm³/mol. The van der Waals surface area contributed by atoms with Gasteiger partial charge in [0.05, 0.1) is 0 Å². The van der Waals surface area contributed by atoms with E-state index in [1.165, 1.54) is 90.1 Å². The minimum atomic E-state index is 0.426. The molecule has 2 aliphatic rings. The molecule has 1 aliphatic heterocycles. The summed E-state index contributed by atoms with van der Waals surface area (Å²) in [6.45, 7) is 5.86. The molecule has 1 unspecified atom stereocenters. The van der Waals surface area contributed by atoms with Crippen LogP contribution in [0, 0.1) is 5.92 Å². The van der Waals surface area contributed by atoms with Gasteiger partial charge in [-0.3, -0.25) is 0 Å². The SMILES string of the molecule is CCCC(CCNc1ccc(NC(=S)/N=C(\N)SCC2CCCCCC2)cc1)N1CCCCC1. The predicted octanol–water partition coefficient (Wildman–Crippen LogP) is 6.86. The van der Waals surface area contributed by atoms with Crippen molar-refractivity contribution in [2.75, 3.05) is 36.0 Å². The molecule has 34 heavy (non-hydrogen) atoms. The van der Waals surface area contributed by atoms with Gasteiger partial charge in [0.1, 0.15) is 0 Å². The van der Waals surface area contributed by atoms with Gasteiger partial charge in [0.2, 0.25) is 0 Å². The first-order valence-corrected chi connectivity index (χ1v) is 14.9. The van der Waals surface area contributed by atoms with E-state index in [9.17, 15) is 0 Å². The van der Waals surface area contributed by atoms with Crippen molar-refractivity contribution in [2.45, 2.75) is 90.0 Å². The first-order valence-electron chi connectivity index (χ1n) is 13.5. The van der Waals surface area contributed by atoms with Gasteiger partial charge in [-0.2, -0.15) is 4.99 Å². The van der Waals surface area contributed by atoms with Crippen LogP contribution in [0.2, 0.25) is 0 Å². The molecule has 1 atom stereocenters. The Bertz CT molecular complexity index is 738. The fraction of sp³-hybridized carbons (Fsp3) is 0.704. The third-order valence-electron chi connectivity index (χ3n) is 7.13. The number of nitrogens with one attached hydrogen (secondary N) is 2. The van der Waals surface area contributed by atoms with Crippen LogP contribution < -0.4 is 16.4 Å². The highest BCUT2D eigenvalue weighted by Gasteiger charge is 2.19. The number of hydrogen-bond donors (Lipinski definition) is 3. The van der Waals surface area contributed by atoms with Crippen molar-refractivity contribution in [3.8, 4) is 0 Å². The van der Waals surface area contributed by atoms with Gasteiger partial charge >= 0.3 is 0 Å². The quantitative estimate of drug-likeness (QED) is 0.140. The number of nitrogens with two attached hydrogens (primary N) is 1. The highest BCUT2D eigenvalue weighted by Crippen LogP contribution is 2.26. The van der Waals surface area contributed by atoms with Gasteiger partial charge in [0, 0.05) is 29.7 Å². The molecule has 1 saturated heterocycles. The van der Waals surface area contributed by atoms with E-state index < -0.39 is 0 Å². The average Bonchev–Trinajstić information content (AvgIpc) is 3.13. The Labute approximate surface area is 217 Å².